The number of aromatic amines is 1. The van der Waals surface area contributed by atoms with Gasteiger partial charge < -0.3 is 10.4 Å². The molecule has 0 aliphatic carbocycles. The molecule has 1 aromatic heterocycles. The van der Waals surface area contributed by atoms with Crippen molar-refractivity contribution in [3.8, 4) is 17.0 Å². The number of amides is 1. The SMILES string of the molecule is O=C(NCc1ccccc1)c1n[nH]nc1-c1ccccc1O. The predicted octanol–water partition coefficient (Wildman–Crippen LogP) is 2.11. The summed E-state index contributed by atoms with van der Waals surface area (Å²) in [5.74, 6) is -0.302. The van der Waals surface area contributed by atoms with Crippen molar-refractivity contribution >= 4 is 5.91 Å². The van der Waals surface area contributed by atoms with Crippen molar-refractivity contribution in [3.63, 3.8) is 0 Å². The molecule has 0 fully saturated rings. The Labute approximate surface area is 126 Å². The van der Waals surface area contributed by atoms with Gasteiger partial charge in [-0.15, -0.1) is 0 Å². The number of nitrogens with zero attached hydrogens (tertiary/aromatic N) is 2. The fourth-order valence-electron chi connectivity index (χ4n) is 2.11. The first-order valence-corrected chi connectivity index (χ1v) is 6.77. The van der Waals surface area contributed by atoms with Crippen molar-refractivity contribution in [2.24, 2.45) is 0 Å². The molecule has 0 unspecified atom stereocenters. The molecule has 0 radical (unpaired) electrons. The minimum Gasteiger partial charge on any atom is -0.507 e. The zero-order valence-corrected chi connectivity index (χ0v) is 11.7. The second-order valence-corrected chi connectivity index (χ2v) is 4.71. The van der Waals surface area contributed by atoms with Crippen LogP contribution in [0, 0.1) is 0 Å². The monoisotopic (exact) mass is 294 g/mol. The quantitative estimate of drug-likeness (QED) is 0.687. The average Bonchev–Trinajstić information content (AvgIpc) is 3.03. The minimum absolute atomic E-state index is 0.0495. The summed E-state index contributed by atoms with van der Waals surface area (Å²) >= 11 is 0. The first kappa shape index (κ1) is 13.8. The lowest BCUT2D eigenvalue weighted by molar-refractivity contribution is 0.0946. The summed E-state index contributed by atoms with van der Waals surface area (Å²) in [5.41, 5.74) is 1.92. The Morgan fingerprint density at radius 2 is 1.77 bits per heavy atom. The number of aromatic hydroxyl groups is 1. The van der Waals surface area contributed by atoms with Crippen molar-refractivity contribution in [3.05, 3.63) is 65.9 Å². The third-order valence-corrected chi connectivity index (χ3v) is 3.22. The van der Waals surface area contributed by atoms with Gasteiger partial charge in [0.05, 0.1) is 0 Å². The Balaban J connectivity index is 1.80. The van der Waals surface area contributed by atoms with Crippen molar-refractivity contribution in [2.45, 2.75) is 6.54 Å². The maximum absolute atomic E-state index is 12.3. The zero-order valence-electron chi connectivity index (χ0n) is 11.7. The lowest BCUT2D eigenvalue weighted by atomic mass is 10.1. The molecule has 22 heavy (non-hydrogen) atoms. The maximum Gasteiger partial charge on any atom is 0.274 e. The standard InChI is InChI=1S/C16H14N4O2/c21-13-9-5-4-8-12(13)14-15(19-20-18-14)16(22)17-10-11-6-2-1-3-7-11/h1-9,21H,10H2,(H,17,22)(H,18,19,20). The Morgan fingerprint density at radius 1 is 1.05 bits per heavy atom. The topological polar surface area (TPSA) is 90.9 Å². The first-order chi connectivity index (χ1) is 10.8. The van der Waals surface area contributed by atoms with Crippen LogP contribution in [-0.4, -0.2) is 26.4 Å². The van der Waals surface area contributed by atoms with Crippen LogP contribution in [0.4, 0.5) is 0 Å². The summed E-state index contributed by atoms with van der Waals surface area (Å²) in [6.45, 7) is 0.396. The van der Waals surface area contributed by atoms with Gasteiger partial charge in [-0.1, -0.05) is 42.5 Å². The van der Waals surface area contributed by atoms with Gasteiger partial charge in [-0.2, -0.15) is 15.4 Å². The maximum atomic E-state index is 12.3. The van der Waals surface area contributed by atoms with Gasteiger partial charge in [0.2, 0.25) is 0 Å². The fourth-order valence-corrected chi connectivity index (χ4v) is 2.11. The Kier molecular flexibility index (Phi) is 3.82. The van der Waals surface area contributed by atoms with Crippen LogP contribution in [0.15, 0.2) is 54.6 Å². The van der Waals surface area contributed by atoms with Gasteiger partial charge in [0.25, 0.3) is 5.91 Å². The molecule has 0 aliphatic rings. The van der Waals surface area contributed by atoms with Gasteiger partial charge in [-0.05, 0) is 17.7 Å². The van der Waals surface area contributed by atoms with Crippen LogP contribution >= 0.6 is 0 Å². The number of hydrogen-bond acceptors (Lipinski definition) is 4. The third kappa shape index (κ3) is 2.80. The van der Waals surface area contributed by atoms with Crippen LogP contribution < -0.4 is 5.32 Å². The zero-order chi connectivity index (χ0) is 15.4. The van der Waals surface area contributed by atoms with Crippen LogP contribution in [0.25, 0.3) is 11.3 Å². The molecule has 3 rings (SSSR count). The van der Waals surface area contributed by atoms with E-state index in [1.807, 2.05) is 30.3 Å². The van der Waals surface area contributed by atoms with E-state index < -0.39 is 0 Å². The number of phenolic OH excluding ortho intramolecular Hbond substituents is 1. The van der Waals surface area contributed by atoms with Gasteiger partial charge in [-0.3, -0.25) is 4.79 Å². The third-order valence-electron chi connectivity index (χ3n) is 3.22. The van der Waals surface area contributed by atoms with E-state index in [2.05, 4.69) is 20.7 Å². The lowest BCUT2D eigenvalue weighted by Crippen LogP contribution is -2.23. The molecule has 0 aliphatic heterocycles. The Morgan fingerprint density at radius 3 is 2.55 bits per heavy atom. The second-order valence-electron chi connectivity index (χ2n) is 4.71. The minimum atomic E-state index is -0.351. The van der Waals surface area contributed by atoms with Gasteiger partial charge in [0, 0.05) is 12.1 Å². The van der Waals surface area contributed by atoms with Gasteiger partial charge in [-0.25, -0.2) is 0 Å². The van der Waals surface area contributed by atoms with Gasteiger partial charge in [0.1, 0.15) is 11.4 Å². The van der Waals surface area contributed by atoms with E-state index in [0.29, 0.717) is 17.8 Å². The highest BCUT2D eigenvalue weighted by Gasteiger charge is 2.19. The fraction of sp³-hybridized carbons (Fsp3) is 0.0625. The number of aromatic nitrogens is 3. The highest BCUT2D eigenvalue weighted by atomic mass is 16.3. The van der Waals surface area contributed by atoms with E-state index in [-0.39, 0.29) is 17.4 Å². The van der Waals surface area contributed by atoms with Crippen molar-refractivity contribution < 1.29 is 9.90 Å². The second kappa shape index (κ2) is 6.09. The number of nitrogens with one attached hydrogen (secondary N) is 2. The summed E-state index contributed by atoms with van der Waals surface area (Å²) in [4.78, 5) is 12.3. The molecule has 0 spiro atoms. The molecular formula is C16H14N4O2. The summed E-state index contributed by atoms with van der Waals surface area (Å²) in [7, 11) is 0. The number of phenols is 1. The number of H-pyrrole nitrogens is 1. The number of hydrogen-bond donors (Lipinski definition) is 3. The van der Waals surface area contributed by atoms with E-state index in [4.69, 9.17) is 0 Å². The van der Waals surface area contributed by atoms with E-state index in [1.165, 1.54) is 6.07 Å². The smallest absolute Gasteiger partial charge is 0.274 e. The Hall–Kier alpha value is -3.15. The molecule has 1 amide bonds. The number of carbonyl (C=O) groups excluding carboxylic acids is 1. The summed E-state index contributed by atoms with van der Waals surface area (Å²) in [5, 5.41) is 23.0. The van der Waals surface area contributed by atoms with E-state index in [1.54, 1.807) is 18.2 Å². The molecule has 0 bridgehead atoms. The molecule has 1 heterocycles. The summed E-state index contributed by atoms with van der Waals surface area (Å²) in [6.07, 6.45) is 0. The Bertz CT molecular complexity index is 784. The van der Waals surface area contributed by atoms with Gasteiger partial charge >= 0.3 is 0 Å². The van der Waals surface area contributed by atoms with E-state index >= 15 is 0 Å². The number of rotatable bonds is 4. The van der Waals surface area contributed by atoms with Crippen LogP contribution in [-0.2, 0) is 6.54 Å². The number of para-hydroxylation sites is 1. The van der Waals surface area contributed by atoms with Crippen LogP contribution in [0.5, 0.6) is 5.75 Å². The average molecular weight is 294 g/mol. The van der Waals surface area contributed by atoms with E-state index in [9.17, 15) is 9.90 Å². The molecule has 2 aromatic carbocycles. The molecule has 6 heteroatoms. The van der Waals surface area contributed by atoms with E-state index in [0.717, 1.165) is 5.56 Å². The van der Waals surface area contributed by atoms with Crippen molar-refractivity contribution in [2.75, 3.05) is 0 Å². The molecule has 0 atom stereocenters. The summed E-state index contributed by atoms with van der Waals surface area (Å²) in [6, 6.07) is 16.3. The van der Waals surface area contributed by atoms with Crippen molar-refractivity contribution in [1.29, 1.82) is 0 Å². The highest BCUT2D eigenvalue weighted by molar-refractivity contribution is 5.98. The van der Waals surface area contributed by atoms with Crippen LogP contribution in [0.2, 0.25) is 0 Å². The largest absolute Gasteiger partial charge is 0.507 e. The van der Waals surface area contributed by atoms with Crippen LogP contribution in [0.1, 0.15) is 16.1 Å². The predicted molar refractivity (Wildman–Crippen MR) is 81.1 cm³/mol. The molecule has 0 saturated heterocycles. The highest BCUT2D eigenvalue weighted by Crippen LogP contribution is 2.28. The number of benzene rings is 2. The molecular weight excluding hydrogens is 280 g/mol. The lowest BCUT2D eigenvalue weighted by Gasteiger charge is -2.05. The van der Waals surface area contributed by atoms with Crippen LogP contribution in [0.3, 0.4) is 0 Å². The van der Waals surface area contributed by atoms with Gasteiger partial charge in [0.15, 0.2) is 5.69 Å². The molecule has 110 valence electrons. The molecule has 0 saturated carbocycles. The number of carbonyl (C=O) groups is 1. The molecule has 6 nitrogen and oxygen atoms in total. The first-order valence-electron chi connectivity index (χ1n) is 6.77. The normalized spacial score (nSPS) is 10.4. The molecule has 3 aromatic rings. The van der Waals surface area contributed by atoms with Crippen molar-refractivity contribution in [1.82, 2.24) is 20.7 Å². The molecule has 3 N–H and O–H groups in total. The summed E-state index contributed by atoms with van der Waals surface area (Å²) < 4.78 is 0.